The van der Waals surface area contributed by atoms with Gasteiger partial charge in [0.05, 0.1) is 36.5 Å². The Balaban J connectivity index is 1.44. The molecule has 1 N–H and O–H groups in total. The van der Waals surface area contributed by atoms with Gasteiger partial charge >= 0.3 is 5.69 Å². The lowest BCUT2D eigenvalue weighted by Gasteiger charge is -2.27. The minimum Gasteiger partial charge on any atom is -0.376 e. The van der Waals surface area contributed by atoms with Crippen molar-refractivity contribution in [2.45, 2.75) is 49.7 Å². The van der Waals surface area contributed by atoms with Gasteiger partial charge in [-0.1, -0.05) is 17.8 Å². The Morgan fingerprint density at radius 3 is 2.97 bits per heavy atom. The average Bonchev–Trinajstić information content (AvgIpc) is 3.49. The molecule has 164 valence electrons. The van der Waals surface area contributed by atoms with E-state index in [9.17, 15) is 18.0 Å². The van der Waals surface area contributed by atoms with Crippen LogP contribution < -0.4 is 5.69 Å². The molecule has 0 aromatic carbocycles. The molecule has 2 aromatic rings. The molecule has 0 radical (unpaired) electrons. The normalized spacial score (nSPS) is 23.1. The van der Waals surface area contributed by atoms with Crippen molar-refractivity contribution in [3.05, 3.63) is 32.9 Å². The maximum atomic E-state index is 13.1. The number of hydrogen-bond acceptors (Lipinski definition) is 8. The van der Waals surface area contributed by atoms with E-state index in [1.165, 1.54) is 27.7 Å². The summed E-state index contributed by atoms with van der Waals surface area (Å²) < 4.78 is 31.0. The maximum Gasteiger partial charge on any atom is 0.344 e. The zero-order valence-corrected chi connectivity index (χ0v) is 18.8. The number of carbonyl (C=O) groups is 1. The number of carbonyl (C=O) groups excluding carboxylic acids is 1. The largest absolute Gasteiger partial charge is 0.376 e. The Labute approximate surface area is 182 Å². The lowest BCUT2D eigenvalue weighted by atomic mass is 10.2. The van der Waals surface area contributed by atoms with Crippen LogP contribution in [0.4, 0.5) is 0 Å². The standard InChI is InChI=1S/C18H24N4O5S3/c23-16(11-29-18-20-19-17(24)22(18)9-14-3-1-6-27-14)21(10-15-4-2-7-28-15)13-5-8-30(25,26)12-13/h2,4,7,13-14H,1,3,5-6,8-12H2,(H,19,24). The fraction of sp³-hybridized carbons (Fsp3) is 0.611. The number of amides is 1. The molecule has 0 aliphatic carbocycles. The minimum absolute atomic E-state index is 0.000906. The number of nitrogens with zero attached hydrogens (tertiary/aromatic N) is 3. The van der Waals surface area contributed by atoms with Gasteiger partial charge in [-0.2, -0.15) is 0 Å². The third-order valence-corrected chi connectivity index (χ3v) is 8.91. The Hall–Kier alpha value is -1.63. The van der Waals surface area contributed by atoms with Gasteiger partial charge in [0.2, 0.25) is 5.91 Å². The van der Waals surface area contributed by atoms with Crippen molar-refractivity contribution in [2.75, 3.05) is 23.9 Å². The van der Waals surface area contributed by atoms with Crippen molar-refractivity contribution in [1.29, 1.82) is 0 Å². The summed E-state index contributed by atoms with van der Waals surface area (Å²) in [6.45, 7) is 1.49. The highest BCUT2D eigenvalue weighted by Gasteiger charge is 2.35. The summed E-state index contributed by atoms with van der Waals surface area (Å²) in [7, 11) is -3.11. The number of sulfone groups is 1. The Morgan fingerprint density at radius 2 is 2.30 bits per heavy atom. The molecule has 0 spiro atoms. The zero-order valence-electron chi connectivity index (χ0n) is 16.4. The fourth-order valence-electron chi connectivity index (χ4n) is 3.79. The van der Waals surface area contributed by atoms with E-state index in [0.29, 0.717) is 31.3 Å². The van der Waals surface area contributed by atoms with Crippen LogP contribution in [0.15, 0.2) is 27.5 Å². The van der Waals surface area contributed by atoms with E-state index in [1.807, 2.05) is 17.5 Å². The molecule has 0 bridgehead atoms. The monoisotopic (exact) mass is 472 g/mol. The number of thioether (sulfide) groups is 1. The second-order valence-electron chi connectivity index (χ2n) is 7.50. The van der Waals surface area contributed by atoms with E-state index in [-0.39, 0.29) is 41.0 Å². The van der Waals surface area contributed by atoms with Crippen LogP contribution in [0, 0.1) is 0 Å². The van der Waals surface area contributed by atoms with Crippen LogP contribution in [-0.2, 0) is 32.5 Å². The third-order valence-electron chi connectivity index (χ3n) is 5.33. The van der Waals surface area contributed by atoms with Crippen LogP contribution in [0.2, 0.25) is 0 Å². The molecule has 2 atom stereocenters. The number of hydrogen-bond donors (Lipinski definition) is 1. The topological polar surface area (TPSA) is 114 Å². The molecule has 0 saturated carbocycles. The van der Waals surface area contributed by atoms with E-state index < -0.39 is 9.84 Å². The van der Waals surface area contributed by atoms with E-state index in [2.05, 4.69) is 10.2 Å². The first-order valence-corrected chi connectivity index (χ1v) is 13.5. The van der Waals surface area contributed by atoms with Gasteiger partial charge in [0, 0.05) is 17.5 Å². The predicted octanol–water partition coefficient (Wildman–Crippen LogP) is 1.12. The van der Waals surface area contributed by atoms with Crippen molar-refractivity contribution in [3.63, 3.8) is 0 Å². The molecule has 1 amide bonds. The summed E-state index contributed by atoms with van der Waals surface area (Å²) in [4.78, 5) is 27.9. The van der Waals surface area contributed by atoms with Gasteiger partial charge in [-0.25, -0.2) is 18.3 Å². The maximum absolute atomic E-state index is 13.1. The van der Waals surface area contributed by atoms with Crippen molar-refractivity contribution >= 4 is 38.8 Å². The van der Waals surface area contributed by atoms with Crippen LogP contribution in [0.1, 0.15) is 24.1 Å². The van der Waals surface area contributed by atoms with Gasteiger partial charge < -0.3 is 9.64 Å². The SMILES string of the molecule is O=C(CSc1n[nH]c(=O)n1CC1CCCO1)N(Cc1cccs1)C1CCS(=O)(=O)C1. The lowest BCUT2D eigenvalue weighted by Crippen LogP contribution is -2.41. The summed E-state index contributed by atoms with van der Waals surface area (Å²) in [6.07, 6.45) is 2.30. The molecular formula is C18H24N4O5S3. The first kappa shape index (κ1) is 21.6. The summed E-state index contributed by atoms with van der Waals surface area (Å²) >= 11 is 2.73. The van der Waals surface area contributed by atoms with Crippen molar-refractivity contribution in [3.8, 4) is 0 Å². The number of aromatic amines is 1. The summed E-state index contributed by atoms with van der Waals surface area (Å²) in [6, 6.07) is 3.53. The number of thiophene rings is 1. The smallest absolute Gasteiger partial charge is 0.344 e. The van der Waals surface area contributed by atoms with Crippen molar-refractivity contribution in [1.82, 2.24) is 19.7 Å². The van der Waals surface area contributed by atoms with Crippen LogP contribution in [0.25, 0.3) is 0 Å². The Bertz CT molecular complexity index is 1020. The molecule has 2 fully saturated rings. The van der Waals surface area contributed by atoms with Crippen LogP contribution in [0.5, 0.6) is 0 Å². The van der Waals surface area contributed by atoms with Crippen molar-refractivity contribution < 1.29 is 17.9 Å². The molecule has 4 heterocycles. The first-order chi connectivity index (χ1) is 14.4. The number of ether oxygens (including phenoxy) is 1. The molecule has 2 saturated heterocycles. The third kappa shape index (κ3) is 5.16. The summed E-state index contributed by atoms with van der Waals surface area (Å²) in [5.41, 5.74) is -0.322. The molecule has 30 heavy (non-hydrogen) atoms. The minimum atomic E-state index is -3.11. The fourth-order valence-corrected chi connectivity index (χ4v) is 7.06. The van der Waals surface area contributed by atoms with E-state index in [1.54, 1.807) is 4.90 Å². The highest BCUT2D eigenvalue weighted by molar-refractivity contribution is 7.99. The molecule has 2 aromatic heterocycles. The Morgan fingerprint density at radius 1 is 1.43 bits per heavy atom. The van der Waals surface area contributed by atoms with Crippen LogP contribution in [0.3, 0.4) is 0 Å². The van der Waals surface area contributed by atoms with E-state index in [4.69, 9.17) is 4.74 Å². The Kier molecular flexibility index (Phi) is 6.66. The van der Waals surface area contributed by atoms with Gasteiger partial charge in [-0.05, 0) is 30.7 Å². The average molecular weight is 473 g/mol. The lowest BCUT2D eigenvalue weighted by molar-refractivity contribution is -0.130. The number of rotatable bonds is 8. The molecule has 2 aliphatic heterocycles. The highest BCUT2D eigenvalue weighted by Crippen LogP contribution is 2.24. The van der Waals surface area contributed by atoms with Crippen LogP contribution >= 0.6 is 23.1 Å². The van der Waals surface area contributed by atoms with Crippen LogP contribution in [-0.4, -0.2) is 70.0 Å². The highest BCUT2D eigenvalue weighted by atomic mass is 32.2. The van der Waals surface area contributed by atoms with Gasteiger partial charge in [0.25, 0.3) is 0 Å². The number of nitrogens with one attached hydrogen (secondary N) is 1. The molecule has 12 heteroatoms. The zero-order chi connectivity index (χ0) is 21.1. The molecule has 2 aliphatic rings. The van der Waals surface area contributed by atoms with Gasteiger partial charge in [-0.15, -0.1) is 16.4 Å². The molecule has 2 unspecified atom stereocenters. The number of H-pyrrole nitrogens is 1. The molecular weight excluding hydrogens is 448 g/mol. The predicted molar refractivity (Wildman–Crippen MR) is 114 cm³/mol. The molecule has 4 rings (SSSR count). The van der Waals surface area contributed by atoms with Gasteiger partial charge in [0.1, 0.15) is 0 Å². The van der Waals surface area contributed by atoms with E-state index in [0.717, 1.165) is 17.7 Å². The van der Waals surface area contributed by atoms with Gasteiger partial charge in [0.15, 0.2) is 15.0 Å². The summed E-state index contributed by atoms with van der Waals surface area (Å²) in [5.74, 6) is 0.0347. The quantitative estimate of drug-likeness (QED) is 0.573. The first-order valence-electron chi connectivity index (χ1n) is 9.83. The second kappa shape index (κ2) is 9.25. The van der Waals surface area contributed by atoms with E-state index >= 15 is 0 Å². The second-order valence-corrected chi connectivity index (χ2v) is 11.7. The number of aromatic nitrogens is 3. The molecule has 9 nitrogen and oxygen atoms in total. The van der Waals surface area contributed by atoms with Crippen molar-refractivity contribution in [2.24, 2.45) is 0 Å². The summed E-state index contributed by atoms with van der Waals surface area (Å²) in [5, 5.41) is 8.88. The van der Waals surface area contributed by atoms with Gasteiger partial charge in [-0.3, -0.25) is 9.36 Å².